The summed E-state index contributed by atoms with van der Waals surface area (Å²) in [5, 5.41) is 1.21. The Morgan fingerprint density at radius 1 is 1.00 bits per heavy atom. The third-order valence-corrected chi connectivity index (χ3v) is 3.45. The van der Waals surface area contributed by atoms with Crippen molar-refractivity contribution in [2.75, 3.05) is 7.11 Å². The van der Waals surface area contributed by atoms with Gasteiger partial charge in [0.2, 0.25) is 0 Å². The third-order valence-electron chi connectivity index (χ3n) is 3.45. The zero-order valence-electron chi connectivity index (χ0n) is 11.3. The van der Waals surface area contributed by atoms with Gasteiger partial charge in [-0.3, -0.25) is 0 Å². The molecule has 3 aromatic rings. The average Bonchev–Trinajstić information content (AvgIpc) is 2.83. The second kappa shape index (κ2) is 4.81. The fourth-order valence-electron chi connectivity index (χ4n) is 2.33. The van der Waals surface area contributed by atoms with Crippen LogP contribution in [0, 0.1) is 6.92 Å². The minimum Gasteiger partial charge on any atom is -0.497 e. The Balaban J connectivity index is 1.95. The summed E-state index contributed by atoms with van der Waals surface area (Å²) in [5.74, 6) is 0.903. The number of methoxy groups -OCH3 is 1. The number of aromatic nitrogens is 1. The van der Waals surface area contributed by atoms with Gasteiger partial charge in [0.15, 0.2) is 0 Å². The molecule has 2 nitrogen and oxygen atoms in total. The van der Waals surface area contributed by atoms with Crippen molar-refractivity contribution in [2.45, 2.75) is 13.5 Å². The zero-order valence-corrected chi connectivity index (χ0v) is 11.3. The molecule has 0 fully saturated rings. The SMILES string of the molecule is COc1ccc2c(ccn2Cc2ccc(C)cc2)c1. The van der Waals surface area contributed by atoms with Crippen LogP contribution in [-0.2, 0) is 6.54 Å². The van der Waals surface area contributed by atoms with E-state index in [0.717, 1.165) is 12.3 Å². The Kier molecular flexibility index (Phi) is 3.00. The van der Waals surface area contributed by atoms with E-state index in [4.69, 9.17) is 4.74 Å². The Bertz CT molecular complexity index is 695. The van der Waals surface area contributed by atoms with Gasteiger partial charge in [-0.05, 0) is 36.8 Å². The van der Waals surface area contributed by atoms with Gasteiger partial charge in [-0.25, -0.2) is 0 Å². The highest BCUT2D eigenvalue weighted by atomic mass is 16.5. The fraction of sp³-hybridized carbons (Fsp3) is 0.176. The lowest BCUT2D eigenvalue weighted by Gasteiger charge is -2.07. The fourth-order valence-corrected chi connectivity index (χ4v) is 2.33. The molecule has 2 heteroatoms. The quantitative estimate of drug-likeness (QED) is 0.686. The first-order chi connectivity index (χ1) is 9.26. The van der Waals surface area contributed by atoms with E-state index in [9.17, 15) is 0 Å². The maximum atomic E-state index is 5.25. The molecule has 2 aromatic carbocycles. The van der Waals surface area contributed by atoms with Crippen molar-refractivity contribution in [1.29, 1.82) is 0 Å². The van der Waals surface area contributed by atoms with Crippen LogP contribution in [-0.4, -0.2) is 11.7 Å². The molecular formula is C17H17NO. The van der Waals surface area contributed by atoms with Gasteiger partial charge in [-0.2, -0.15) is 0 Å². The summed E-state index contributed by atoms with van der Waals surface area (Å²) in [6.07, 6.45) is 2.13. The molecule has 3 rings (SSSR count). The van der Waals surface area contributed by atoms with Crippen molar-refractivity contribution in [3.63, 3.8) is 0 Å². The predicted octanol–water partition coefficient (Wildman–Crippen LogP) is 4.01. The van der Waals surface area contributed by atoms with E-state index in [1.54, 1.807) is 7.11 Å². The number of hydrogen-bond donors (Lipinski definition) is 0. The molecule has 1 aromatic heterocycles. The number of aryl methyl sites for hydroxylation is 1. The molecule has 0 atom stereocenters. The molecule has 0 aliphatic rings. The highest BCUT2D eigenvalue weighted by Crippen LogP contribution is 2.22. The Morgan fingerprint density at radius 3 is 2.53 bits per heavy atom. The van der Waals surface area contributed by atoms with Gasteiger partial charge >= 0.3 is 0 Å². The van der Waals surface area contributed by atoms with Crippen LogP contribution in [0.2, 0.25) is 0 Å². The molecule has 0 saturated heterocycles. The lowest BCUT2D eigenvalue weighted by molar-refractivity contribution is 0.415. The monoisotopic (exact) mass is 251 g/mol. The second-order valence-electron chi connectivity index (χ2n) is 4.85. The molecule has 0 saturated carbocycles. The van der Waals surface area contributed by atoms with E-state index in [1.165, 1.54) is 22.0 Å². The number of benzene rings is 2. The Labute approximate surface area is 113 Å². The van der Waals surface area contributed by atoms with E-state index in [-0.39, 0.29) is 0 Å². The van der Waals surface area contributed by atoms with E-state index < -0.39 is 0 Å². The van der Waals surface area contributed by atoms with Crippen molar-refractivity contribution in [1.82, 2.24) is 4.57 Å². The van der Waals surface area contributed by atoms with E-state index in [0.29, 0.717) is 0 Å². The van der Waals surface area contributed by atoms with Gasteiger partial charge in [0, 0.05) is 23.6 Å². The van der Waals surface area contributed by atoms with Crippen LogP contribution in [0.15, 0.2) is 54.7 Å². The molecule has 1 heterocycles. The minimum atomic E-state index is 0.899. The second-order valence-corrected chi connectivity index (χ2v) is 4.85. The maximum absolute atomic E-state index is 5.25. The lowest BCUT2D eigenvalue weighted by atomic mass is 10.1. The van der Waals surface area contributed by atoms with E-state index in [2.05, 4.69) is 60.2 Å². The van der Waals surface area contributed by atoms with Gasteiger partial charge in [0.1, 0.15) is 5.75 Å². The first-order valence-corrected chi connectivity index (χ1v) is 6.45. The van der Waals surface area contributed by atoms with Gasteiger partial charge in [-0.15, -0.1) is 0 Å². The van der Waals surface area contributed by atoms with Gasteiger partial charge < -0.3 is 9.30 Å². The van der Waals surface area contributed by atoms with Crippen LogP contribution in [0.1, 0.15) is 11.1 Å². The molecule has 0 aliphatic heterocycles. The van der Waals surface area contributed by atoms with Crippen LogP contribution in [0.3, 0.4) is 0 Å². The van der Waals surface area contributed by atoms with Crippen molar-refractivity contribution in [3.05, 3.63) is 65.9 Å². The van der Waals surface area contributed by atoms with E-state index >= 15 is 0 Å². The first-order valence-electron chi connectivity index (χ1n) is 6.45. The van der Waals surface area contributed by atoms with Crippen molar-refractivity contribution in [3.8, 4) is 5.75 Å². The molecule has 0 radical (unpaired) electrons. The number of hydrogen-bond acceptors (Lipinski definition) is 1. The molecular weight excluding hydrogens is 234 g/mol. The standard InChI is InChI=1S/C17H17NO/c1-13-3-5-14(6-4-13)12-18-10-9-15-11-16(19-2)7-8-17(15)18/h3-11H,12H2,1-2H3. The molecule has 96 valence electrons. The van der Waals surface area contributed by atoms with Gasteiger partial charge in [0.25, 0.3) is 0 Å². The summed E-state index contributed by atoms with van der Waals surface area (Å²) in [4.78, 5) is 0. The summed E-state index contributed by atoms with van der Waals surface area (Å²) in [7, 11) is 1.70. The minimum absolute atomic E-state index is 0.899. The molecule has 0 bridgehead atoms. The number of ether oxygens (including phenoxy) is 1. The first kappa shape index (κ1) is 11.8. The smallest absolute Gasteiger partial charge is 0.119 e. The lowest BCUT2D eigenvalue weighted by Crippen LogP contribution is -1.97. The predicted molar refractivity (Wildman–Crippen MR) is 78.8 cm³/mol. The highest BCUT2D eigenvalue weighted by Gasteiger charge is 2.03. The van der Waals surface area contributed by atoms with Crippen LogP contribution in [0.4, 0.5) is 0 Å². The molecule has 0 unspecified atom stereocenters. The topological polar surface area (TPSA) is 14.2 Å². The average molecular weight is 251 g/mol. The van der Waals surface area contributed by atoms with Crippen LogP contribution >= 0.6 is 0 Å². The largest absolute Gasteiger partial charge is 0.497 e. The zero-order chi connectivity index (χ0) is 13.2. The molecule has 0 N–H and O–H groups in total. The number of rotatable bonds is 3. The van der Waals surface area contributed by atoms with Gasteiger partial charge in [0.05, 0.1) is 7.11 Å². The van der Waals surface area contributed by atoms with Gasteiger partial charge in [-0.1, -0.05) is 29.8 Å². The van der Waals surface area contributed by atoms with Crippen molar-refractivity contribution >= 4 is 10.9 Å². The van der Waals surface area contributed by atoms with Crippen LogP contribution in [0.25, 0.3) is 10.9 Å². The normalized spacial score (nSPS) is 10.8. The van der Waals surface area contributed by atoms with Crippen molar-refractivity contribution < 1.29 is 4.74 Å². The maximum Gasteiger partial charge on any atom is 0.119 e. The molecule has 19 heavy (non-hydrogen) atoms. The summed E-state index contributed by atoms with van der Waals surface area (Å²) < 4.78 is 7.52. The molecule has 0 aliphatic carbocycles. The summed E-state index contributed by atoms with van der Waals surface area (Å²) in [6, 6.07) is 17.0. The number of nitrogens with zero attached hydrogens (tertiary/aromatic N) is 1. The van der Waals surface area contributed by atoms with Crippen LogP contribution in [0.5, 0.6) is 5.75 Å². The highest BCUT2D eigenvalue weighted by molar-refractivity contribution is 5.81. The number of fused-ring (bicyclic) bond motifs is 1. The van der Waals surface area contributed by atoms with Crippen molar-refractivity contribution in [2.24, 2.45) is 0 Å². The molecule has 0 amide bonds. The van der Waals surface area contributed by atoms with Crippen LogP contribution < -0.4 is 4.74 Å². The third kappa shape index (κ3) is 2.34. The molecule has 0 spiro atoms. The Hall–Kier alpha value is -2.22. The van der Waals surface area contributed by atoms with E-state index in [1.807, 2.05) is 6.07 Å². The summed E-state index contributed by atoms with van der Waals surface area (Å²) in [5.41, 5.74) is 3.85. The summed E-state index contributed by atoms with van der Waals surface area (Å²) in [6.45, 7) is 3.01. The Morgan fingerprint density at radius 2 is 1.79 bits per heavy atom. The summed E-state index contributed by atoms with van der Waals surface area (Å²) >= 11 is 0.